The van der Waals surface area contributed by atoms with Crippen molar-refractivity contribution in [1.29, 1.82) is 0 Å². The van der Waals surface area contributed by atoms with Crippen LogP contribution in [0.5, 0.6) is 0 Å². The summed E-state index contributed by atoms with van der Waals surface area (Å²) in [5, 5.41) is 23.1. The Balaban J connectivity index is 3.35. The highest BCUT2D eigenvalue weighted by Gasteiger charge is 2.18. The molecule has 0 saturated carbocycles. The number of aliphatic hydroxyl groups excluding tert-OH is 2. The molecule has 0 radical (unpaired) electrons. The predicted octanol–water partition coefficient (Wildman–Crippen LogP) is 18.9. The van der Waals surface area contributed by atoms with Crippen LogP contribution in [0, 0.1) is 0 Å². The standard InChI is InChI=1S/C61H119NO5/c1-3-5-7-9-11-13-15-33-37-41-45-49-53-59(64)58(57-63)62-60(65)54-50-46-42-38-34-31-29-27-25-23-21-19-17-18-20-22-24-26-28-30-32-36-40-44-48-52-56-67-61(66)55-51-47-43-39-35-16-14-12-10-8-6-4-2/h49,53,58-59,63-64H,3-48,50-52,54-57H2,1-2H3,(H,62,65)/b53-49+. The smallest absolute Gasteiger partial charge is 0.305 e. The molecule has 0 heterocycles. The normalized spacial score (nSPS) is 12.6. The number of esters is 1. The van der Waals surface area contributed by atoms with E-state index in [1.54, 1.807) is 6.08 Å². The lowest BCUT2D eigenvalue weighted by Crippen LogP contribution is -2.45. The van der Waals surface area contributed by atoms with Gasteiger partial charge in [0.2, 0.25) is 5.91 Å². The zero-order chi connectivity index (χ0) is 48.6. The molecule has 398 valence electrons. The average Bonchev–Trinajstić information content (AvgIpc) is 3.33. The molecule has 0 rings (SSSR count). The Bertz CT molecular complexity index is 1000. The van der Waals surface area contributed by atoms with Crippen LogP contribution in [0.15, 0.2) is 12.2 Å². The van der Waals surface area contributed by atoms with Crippen LogP contribution < -0.4 is 5.32 Å². The summed E-state index contributed by atoms with van der Waals surface area (Å²) < 4.78 is 5.48. The van der Waals surface area contributed by atoms with Crippen molar-refractivity contribution in [3.63, 3.8) is 0 Å². The number of allylic oxidation sites excluding steroid dienone is 1. The number of amides is 1. The molecular formula is C61H119NO5. The van der Waals surface area contributed by atoms with E-state index in [0.29, 0.717) is 19.4 Å². The Morgan fingerprint density at radius 2 is 0.687 bits per heavy atom. The monoisotopic (exact) mass is 946 g/mol. The van der Waals surface area contributed by atoms with Gasteiger partial charge < -0.3 is 20.3 Å². The van der Waals surface area contributed by atoms with E-state index in [2.05, 4.69) is 19.2 Å². The maximum Gasteiger partial charge on any atom is 0.305 e. The van der Waals surface area contributed by atoms with Gasteiger partial charge in [-0.3, -0.25) is 9.59 Å². The second-order valence-corrected chi connectivity index (χ2v) is 21.0. The first-order valence-electron chi connectivity index (χ1n) is 30.5. The van der Waals surface area contributed by atoms with Crippen LogP contribution >= 0.6 is 0 Å². The van der Waals surface area contributed by atoms with Crippen LogP contribution in [0.25, 0.3) is 0 Å². The molecule has 0 aliphatic heterocycles. The Labute approximate surface area is 419 Å². The molecule has 0 bridgehead atoms. The first-order chi connectivity index (χ1) is 33.0. The summed E-state index contributed by atoms with van der Waals surface area (Å²) in [7, 11) is 0. The molecule has 6 heteroatoms. The first-order valence-corrected chi connectivity index (χ1v) is 30.5. The molecular weight excluding hydrogens is 827 g/mol. The molecule has 0 aliphatic rings. The lowest BCUT2D eigenvalue weighted by Gasteiger charge is -2.20. The summed E-state index contributed by atoms with van der Waals surface area (Å²) in [5.74, 6) is -0.0471. The predicted molar refractivity (Wildman–Crippen MR) is 292 cm³/mol. The summed E-state index contributed by atoms with van der Waals surface area (Å²) in [6.07, 6.45) is 68.3. The van der Waals surface area contributed by atoms with E-state index >= 15 is 0 Å². The molecule has 2 unspecified atom stereocenters. The van der Waals surface area contributed by atoms with E-state index in [1.165, 1.54) is 276 Å². The van der Waals surface area contributed by atoms with Crippen LogP contribution in [0.4, 0.5) is 0 Å². The molecule has 0 spiro atoms. The number of hydrogen-bond acceptors (Lipinski definition) is 5. The van der Waals surface area contributed by atoms with Crippen molar-refractivity contribution in [3.8, 4) is 0 Å². The molecule has 3 N–H and O–H groups in total. The molecule has 2 atom stereocenters. The number of hydrogen-bond donors (Lipinski definition) is 3. The molecule has 0 aromatic heterocycles. The van der Waals surface area contributed by atoms with Gasteiger partial charge in [0.25, 0.3) is 0 Å². The largest absolute Gasteiger partial charge is 0.466 e. The van der Waals surface area contributed by atoms with Crippen molar-refractivity contribution < 1.29 is 24.5 Å². The van der Waals surface area contributed by atoms with E-state index in [9.17, 15) is 19.8 Å². The van der Waals surface area contributed by atoms with E-state index in [0.717, 1.165) is 38.5 Å². The van der Waals surface area contributed by atoms with Crippen LogP contribution in [0.1, 0.15) is 341 Å². The Hall–Kier alpha value is -1.40. The second-order valence-electron chi connectivity index (χ2n) is 21.0. The maximum absolute atomic E-state index is 12.4. The second kappa shape index (κ2) is 57.2. The number of unbranched alkanes of at least 4 members (excludes halogenated alkanes) is 46. The van der Waals surface area contributed by atoms with Gasteiger partial charge in [0.05, 0.1) is 25.4 Å². The van der Waals surface area contributed by atoms with Crippen molar-refractivity contribution in [2.45, 2.75) is 353 Å². The van der Waals surface area contributed by atoms with E-state index in [-0.39, 0.29) is 18.5 Å². The molecule has 0 aliphatic carbocycles. The summed E-state index contributed by atoms with van der Waals surface area (Å²) in [6, 6.07) is -0.624. The van der Waals surface area contributed by atoms with Gasteiger partial charge in [0, 0.05) is 12.8 Å². The van der Waals surface area contributed by atoms with Crippen molar-refractivity contribution >= 4 is 11.9 Å². The van der Waals surface area contributed by atoms with Gasteiger partial charge in [0.1, 0.15) is 0 Å². The number of carbonyl (C=O) groups is 2. The van der Waals surface area contributed by atoms with Crippen LogP contribution in [-0.2, 0) is 14.3 Å². The van der Waals surface area contributed by atoms with Crippen molar-refractivity contribution in [1.82, 2.24) is 5.32 Å². The fraction of sp³-hybridized carbons (Fsp3) is 0.934. The third-order valence-electron chi connectivity index (χ3n) is 14.3. The van der Waals surface area contributed by atoms with Crippen LogP contribution in [-0.4, -0.2) is 47.4 Å². The average molecular weight is 947 g/mol. The Morgan fingerprint density at radius 1 is 0.403 bits per heavy atom. The summed E-state index contributed by atoms with van der Waals surface area (Å²) >= 11 is 0. The Kier molecular flexibility index (Phi) is 56.0. The minimum Gasteiger partial charge on any atom is -0.466 e. The number of carbonyl (C=O) groups excluding carboxylic acids is 2. The van der Waals surface area contributed by atoms with Gasteiger partial charge in [-0.25, -0.2) is 0 Å². The summed E-state index contributed by atoms with van der Waals surface area (Å²) in [5.41, 5.74) is 0. The third kappa shape index (κ3) is 53.8. The fourth-order valence-electron chi connectivity index (χ4n) is 9.64. The van der Waals surface area contributed by atoms with Crippen molar-refractivity contribution in [3.05, 3.63) is 12.2 Å². The molecule has 67 heavy (non-hydrogen) atoms. The van der Waals surface area contributed by atoms with Gasteiger partial charge in [-0.05, 0) is 32.1 Å². The molecule has 0 fully saturated rings. The highest BCUT2D eigenvalue weighted by Crippen LogP contribution is 2.18. The van der Waals surface area contributed by atoms with Crippen LogP contribution in [0.3, 0.4) is 0 Å². The molecule has 0 aromatic carbocycles. The van der Waals surface area contributed by atoms with Crippen LogP contribution in [0.2, 0.25) is 0 Å². The zero-order valence-electron chi connectivity index (χ0n) is 45.4. The number of aliphatic hydroxyl groups is 2. The van der Waals surface area contributed by atoms with Gasteiger partial charge in [-0.1, -0.05) is 309 Å². The fourth-order valence-corrected chi connectivity index (χ4v) is 9.64. The molecule has 0 aromatic rings. The molecule has 6 nitrogen and oxygen atoms in total. The highest BCUT2D eigenvalue weighted by atomic mass is 16.5. The topological polar surface area (TPSA) is 95.9 Å². The summed E-state index contributed by atoms with van der Waals surface area (Å²) in [4.78, 5) is 24.4. The van der Waals surface area contributed by atoms with E-state index < -0.39 is 12.1 Å². The Morgan fingerprint density at radius 3 is 1.01 bits per heavy atom. The van der Waals surface area contributed by atoms with E-state index in [4.69, 9.17) is 4.74 Å². The number of ether oxygens (including phenoxy) is 1. The number of rotatable bonds is 57. The third-order valence-corrected chi connectivity index (χ3v) is 14.3. The SMILES string of the molecule is CCCCCCCCCCCC/C=C/C(O)C(CO)NC(=O)CCCCCCCCCCCCCCCCCCCCCCCCCCCCOC(=O)CCCCCCCCCCCCCC. The summed E-state index contributed by atoms with van der Waals surface area (Å²) in [6.45, 7) is 4.92. The highest BCUT2D eigenvalue weighted by molar-refractivity contribution is 5.76. The lowest BCUT2D eigenvalue weighted by atomic mass is 10.0. The van der Waals surface area contributed by atoms with Gasteiger partial charge in [-0.2, -0.15) is 0 Å². The van der Waals surface area contributed by atoms with E-state index in [1.807, 2.05) is 6.08 Å². The zero-order valence-corrected chi connectivity index (χ0v) is 45.4. The van der Waals surface area contributed by atoms with Gasteiger partial charge in [-0.15, -0.1) is 0 Å². The minimum atomic E-state index is -0.840. The van der Waals surface area contributed by atoms with Crippen molar-refractivity contribution in [2.75, 3.05) is 13.2 Å². The lowest BCUT2D eigenvalue weighted by molar-refractivity contribution is -0.143. The maximum atomic E-state index is 12.4. The first kappa shape index (κ1) is 65.6. The van der Waals surface area contributed by atoms with Gasteiger partial charge in [0.15, 0.2) is 0 Å². The quantitative estimate of drug-likeness (QED) is 0.0321. The molecule has 0 saturated heterocycles. The number of nitrogens with one attached hydrogen (secondary N) is 1. The van der Waals surface area contributed by atoms with Gasteiger partial charge >= 0.3 is 5.97 Å². The molecule has 1 amide bonds. The minimum absolute atomic E-state index is 0.0179. The van der Waals surface area contributed by atoms with Crippen molar-refractivity contribution in [2.24, 2.45) is 0 Å².